The first-order valence-electron chi connectivity index (χ1n) is 3.84. The van der Waals surface area contributed by atoms with Crippen LogP contribution in [-0.4, -0.2) is 10.9 Å². The lowest BCUT2D eigenvalue weighted by molar-refractivity contribution is 0.1000. The van der Waals surface area contributed by atoms with E-state index in [2.05, 4.69) is 0 Å². The predicted molar refractivity (Wildman–Crippen MR) is 55.5 cm³/mol. The minimum atomic E-state index is -0.670. The lowest BCUT2D eigenvalue weighted by Crippen LogP contribution is -2.21. The van der Waals surface area contributed by atoms with E-state index in [1.54, 1.807) is 0 Å². The summed E-state index contributed by atoms with van der Waals surface area (Å²) in [4.78, 5) is 10.9. The molecule has 0 aliphatic carbocycles. The molecule has 0 bridgehead atoms. The highest BCUT2D eigenvalue weighted by Crippen LogP contribution is 2.17. The van der Waals surface area contributed by atoms with Gasteiger partial charge in [0.25, 0.3) is 0 Å². The normalized spacial score (nSPS) is 9.86. The second-order valence-electron chi connectivity index (χ2n) is 2.82. The summed E-state index contributed by atoms with van der Waals surface area (Å²) in [6.45, 7) is 1.50. The maximum atomic E-state index is 13.1. The van der Waals surface area contributed by atoms with E-state index < -0.39 is 11.7 Å². The topological polar surface area (TPSA) is 69.1 Å². The molecule has 1 aromatic rings. The van der Waals surface area contributed by atoms with Gasteiger partial charge in [0.2, 0.25) is 5.91 Å². The Bertz CT molecular complexity index is 418. The van der Waals surface area contributed by atoms with Gasteiger partial charge in [0.15, 0.2) is 0 Å². The number of hydrogen-bond acceptors (Lipinski definition) is 2. The van der Waals surface area contributed by atoms with Crippen molar-refractivity contribution < 1.29 is 9.18 Å². The van der Waals surface area contributed by atoms with E-state index in [0.717, 1.165) is 6.07 Å². The number of carbonyl (C=O) groups is 1. The zero-order valence-electron chi connectivity index (χ0n) is 7.50. The highest BCUT2D eigenvalue weighted by molar-refractivity contribution is 7.80. The zero-order chi connectivity index (χ0) is 10.9. The van der Waals surface area contributed by atoms with Gasteiger partial charge < -0.3 is 11.5 Å². The molecular formula is C9H9FN2OS. The number of carbonyl (C=O) groups excluding carboxylic acids is 1. The van der Waals surface area contributed by atoms with Crippen LogP contribution in [0.2, 0.25) is 0 Å². The van der Waals surface area contributed by atoms with Crippen LogP contribution in [0.25, 0.3) is 0 Å². The Kier molecular flexibility index (Phi) is 2.81. The van der Waals surface area contributed by atoms with Gasteiger partial charge in [-0.3, -0.25) is 4.79 Å². The van der Waals surface area contributed by atoms with Crippen molar-refractivity contribution >= 4 is 23.1 Å². The second-order valence-corrected chi connectivity index (χ2v) is 3.26. The smallest absolute Gasteiger partial charge is 0.249 e. The largest absolute Gasteiger partial charge is 0.389 e. The standard InChI is InChI=1S/C9H9FN2OS/c1-4-6(10)3-2-5(8(11)13)7(4)9(12)14/h2-3H,1H3,(H2,11,13)(H2,12,14). The number of amides is 1. The van der Waals surface area contributed by atoms with E-state index in [1.807, 2.05) is 0 Å². The average Bonchev–Trinajstić information content (AvgIpc) is 2.08. The van der Waals surface area contributed by atoms with Crippen molar-refractivity contribution in [2.24, 2.45) is 11.5 Å². The van der Waals surface area contributed by atoms with Gasteiger partial charge in [-0.25, -0.2) is 4.39 Å². The van der Waals surface area contributed by atoms with Crippen LogP contribution in [0.15, 0.2) is 12.1 Å². The number of thiocarbonyl (C=S) groups is 1. The molecule has 3 nitrogen and oxygen atoms in total. The molecule has 5 heteroatoms. The van der Waals surface area contributed by atoms with Gasteiger partial charge in [-0.15, -0.1) is 0 Å². The van der Waals surface area contributed by atoms with Crippen LogP contribution < -0.4 is 11.5 Å². The summed E-state index contributed by atoms with van der Waals surface area (Å²) in [6, 6.07) is 2.44. The van der Waals surface area contributed by atoms with E-state index in [9.17, 15) is 9.18 Å². The molecule has 0 unspecified atom stereocenters. The highest BCUT2D eigenvalue weighted by Gasteiger charge is 2.15. The predicted octanol–water partition coefficient (Wildman–Crippen LogP) is 0.867. The first-order chi connectivity index (χ1) is 6.45. The SMILES string of the molecule is Cc1c(F)ccc(C(N)=O)c1C(N)=S. The Balaban J connectivity index is 3.53. The third-order valence-electron chi connectivity index (χ3n) is 1.91. The fraction of sp³-hybridized carbons (Fsp3) is 0.111. The maximum Gasteiger partial charge on any atom is 0.249 e. The molecule has 0 saturated carbocycles. The van der Waals surface area contributed by atoms with Crippen LogP contribution in [0, 0.1) is 12.7 Å². The van der Waals surface area contributed by atoms with Crippen LogP contribution >= 0.6 is 12.2 Å². The first-order valence-corrected chi connectivity index (χ1v) is 4.24. The van der Waals surface area contributed by atoms with E-state index in [1.165, 1.54) is 13.0 Å². The number of benzene rings is 1. The fourth-order valence-corrected chi connectivity index (χ4v) is 1.47. The number of nitrogens with two attached hydrogens (primary N) is 2. The maximum absolute atomic E-state index is 13.1. The van der Waals surface area contributed by atoms with Crippen molar-refractivity contribution in [3.8, 4) is 0 Å². The summed E-state index contributed by atoms with van der Waals surface area (Å²) in [5, 5.41) is 0. The Hall–Kier alpha value is -1.49. The molecule has 74 valence electrons. The monoisotopic (exact) mass is 212 g/mol. The lowest BCUT2D eigenvalue weighted by atomic mass is 10.0. The summed E-state index contributed by atoms with van der Waals surface area (Å²) in [5.41, 5.74) is 11.1. The summed E-state index contributed by atoms with van der Waals surface area (Å²) < 4.78 is 13.1. The first kappa shape index (κ1) is 10.6. The molecule has 14 heavy (non-hydrogen) atoms. The zero-order valence-corrected chi connectivity index (χ0v) is 8.32. The van der Waals surface area contributed by atoms with Crippen molar-refractivity contribution in [2.75, 3.05) is 0 Å². The minimum absolute atomic E-state index is 0.0317. The lowest BCUT2D eigenvalue weighted by Gasteiger charge is -2.08. The van der Waals surface area contributed by atoms with Crippen molar-refractivity contribution in [2.45, 2.75) is 6.92 Å². The van der Waals surface area contributed by atoms with Gasteiger partial charge in [-0.1, -0.05) is 12.2 Å². The molecule has 0 aliphatic rings. The highest BCUT2D eigenvalue weighted by atomic mass is 32.1. The van der Waals surface area contributed by atoms with Crippen LogP contribution in [0.5, 0.6) is 0 Å². The summed E-state index contributed by atoms with van der Waals surface area (Å²) in [5.74, 6) is -1.13. The minimum Gasteiger partial charge on any atom is -0.389 e. The molecule has 1 aromatic carbocycles. The molecular weight excluding hydrogens is 203 g/mol. The summed E-state index contributed by atoms with van der Waals surface area (Å²) in [6.07, 6.45) is 0. The van der Waals surface area contributed by atoms with Gasteiger partial charge in [-0.2, -0.15) is 0 Å². The molecule has 1 rings (SSSR count). The van der Waals surface area contributed by atoms with Gasteiger partial charge in [0, 0.05) is 11.1 Å². The summed E-state index contributed by atoms with van der Waals surface area (Å²) >= 11 is 4.72. The fourth-order valence-electron chi connectivity index (χ4n) is 1.21. The third-order valence-corrected chi connectivity index (χ3v) is 2.11. The van der Waals surface area contributed by atoms with E-state index in [-0.39, 0.29) is 21.7 Å². The van der Waals surface area contributed by atoms with E-state index >= 15 is 0 Å². The number of rotatable bonds is 2. The van der Waals surface area contributed by atoms with Crippen LogP contribution in [0.4, 0.5) is 4.39 Å². The van der Waals surface area contributed by atoms with Gasteiger partial charge in [-0.05, 0) is 24.6 Å². The molecule has 0 saturated heterocycles. The number of hydrogen-bond donors (Lipinski definition) is 2. The molecule has 0 aliphatic heterocycles. The Morgan fingerprint density at radius 1 is 1.43 bits per heavy atom. The number of primary amides is 1. The summed E-state index contributed by atoms with van der Waals surface area (Å²) in [7, 11) is 0. The molecule has 0 radical (unpaired) electrons. The van der Waals surface area contributed by atoms with Crippen molar-refractivity contribution in [3.05, 3.63) is 34.6 Å². The molecule has 4 N–H and O–H groups in total. The van der Waals surface area contributed by atoms with Gasteiger partial charge >= 0.3 is 0 Å². The van der Waals surface area contributed by atoms with Crippen molar-refractivity contribution in [1.82, 2.24) is 0 Å². The second kappa shape index (κ2) is 3.71. The Morgan fingerprint density at radius 2 is 2.00 bits per heavy atom. The molecule has 0 aromatic heterocycles. The van der Waals surface area contributed by atoms with Crippen LogP contribution in [0.3, 0.4) is 0 Å². The quantitative estimate of drug-likeness (QED) is 0.714. The third kappa shape index (κ3) is 1.72. The molecule has 0 fully saturated rings. The molecule has 1 amide bonds. The van der Waals surface area contributed by atoms with Crippen LogP contribution in [0.1, 0.15) is 21.5 Å². The van der Waals surface area contributed by atoms with Crippen molar-refractivity contribution in [3.63, 3.8) is 0 Å². The molecule has 0 heterocycles. The van der Waals surface area contributed by atoms with Gasteiger partial charge in [0.05, 0.1) is 0 Å². The van der Waals surface area contributed by atoms with Gasteiger partial charge in [0.1, 0.15) is 10.8 Å². The Labute approximate surface area is 85.9 Å². The van der Waals surface area contributed by atoms with E-state index in [0.29, 0.717) is 0 Å². The molecule has 0 spiro atoms. The van der Waals surface area contributed by atoms with Crippen LogP contribution in [-0.2, 0) is 0 Å². The molecule has 0 atom stereocenters. The average molecular weight is 212 g/mol. The van der Waals surface area contributed by atoms with Crippen molar-refractivity contribution in [1.29, 1.82) is 0 Å². The number of halogens is 1. The Morgan fingerprint density at radius 3 is 2.43 bits per heavy atom. The van der Waals surface area contributed by atoms with E-state index in [4.69, 9.17) is 23.7 Å².